The van der Waals surface area contributed by atoms with Crippen LogP contribution in [0, 0.1) is 11.8 Å². The van der Waals surface area contributed by atoms with Gasteiger partial charge in [0.25, 0.3) is 0 Å². The molecule has 2 fully saturated rings. The molecule has 0 spiro atoms. The third kappa shape index (κ3) is 1.91. The number of nitrogens with zero attached hydrogens (tertiary/aromatic N) is 1. The van der Waals surface area contributed by atoms with Crippen molar-refractivity contribution in [2.24, 2.45) is 11.8 Å². The minimum absolute atomic E-state index is 0.178. The largest absolute Gasteiger partial charge is 0.494 e. The van der Waals surface area contributed by atoms with E-state index < -0.39 is 23.0 Å². The molecule has 0 radical (unpaired) electrons. The van der Waals surface area contributed by atoms with Crippen molar-refractivity contribution in [3.05, 3.63) is 36.4 Å². The van der Waals surface area contributed by atoms with E-state index in [1.165, 1.54) is 4.90 Å². The molecule has 126 valence electrons. The summed E-state index contributed by atoms with van der Waals surface area (Å²) in [6.45, 7) is 6.45. The van der Waals surface area contributed by atoms with Crippen LogP contribution in [-0.4, -0.2) is 29.6 Å². The number of imide groups is 1. The highest BCUT2D eigenvalue weighted by atomic mass is 16.5. The Morgan fingerprint density at radius 3 is 2.08 bits per heavy atom. The number of carbonyl (C=O) groups is 2. The molecule has 1 aromatic rings. The Hall–Kier alpha value is -2.14. The Morgan fingerprint density at radius 1 is 1.04 bits per heavy atom. The van der Waals surface area contributed by atoms with Crippen LogP contribution in [0.1, 0.15) is 27.2 Å². The molecule has 1 aromatic carbocycles. The molecule has 4 rings (SSSR count). The zero-order chi connectivity index (χ0) is 17.1. The molecule has 0 aliphatic carbocycles. The minimum atomic E-state index is -0.689. The van der Waals surface area contributed by atoms with Gasteiger partial charge in [0.2, 0.25) is 11.8 Å². The number of hydrogen-bond donors (Lipinski definition) is 0. The molecule has 5 nitrogen and oxygen atoms in total. The summed E-state index contributed by atoms with van der Waals surface area (Å²) in [6.07, 6.45) is 4.77. The molecule has 0 aromatic heterocycles. The highest BCUT2D eigenvalue weighted by molar-refractivity contribution is 6.23. The van der Waals surface area contributed by atoms with Crippen molar-refractivity contribution < 1.29 is 19.1 Å². The molecule has 3 aliphatic rings. The van der Waals surface area contributed by atoms with Crippen LogP contribution in [-0.2, 0) is 14.3 Å². The highest BCUT2D eigenvalue weighted by Crippen LogP contribution is 2.57. The zero-order valence-electron chi connectivity index (χ0n) is 14.1. The number of amides is 2. The Balaban J connectivity index is 1.64. The van der Waals surface area contributed by atoms with Gasteiger partial charge in [0.1, 0.15) is 5.75 Å². The quantitative estimate of drug-likeness (QED) is 0.630. The summed E-state index contributed by atoms with van der Waals surface area (Å²) < 4.78 is 11.6. The molecule has 3 heterocycles. The second-order valence-corrected chi connectivity index (χ2v) is 7.11. The van der Waals surface area contributed by atoms with Crippen molar-refractivity contribution in [3.63, 3.8) is 0 Å². The Morgan fingerprint density at radius 2 is 1.58 bits per heavy atom. The Labute approximate surface area is 141 Å². The molecule has 4 atom stereocenters. The van der Waals surface area contributed by atoms with Gasteiger partial charge < -0.3 is 9.47 Å². The number of benzene rings is 1. The maximum Gasteiger partial charge on any atom is 0.241 e. The van der Waals surface area contributed by atoms with Gasteiger partial charge in [-0.2, -0.15) is 0 Å². The normalized spacial score (nSPS) is 36.5. The summed E-state index contributed by atoms with van der Waals surface area (Å²) in [4.78, 5) is 27.2. The maximum absolute atomic E-state index is 13.0. The number of rotatable bonds is 4. The van der Waals surface area contributed by atoms with Gasteiger partial charge in [-0.05, 0) is 44.5 Å². The van der Waals surface area contributed by atoms with Crippen LogP contribution < -0.4 is 9.64 Å². The molecule has 24 heavy (non-hydrogen) atoms. The minimum Gasteiger partial charge on any atom is -0.494 e. The third-order valence-electron chi connectivity index (χ3n) is 5.29. The first kappa shape index (κ1) is 15.4. The number of carbonyl (C=O) groups excluding carboxylic acids is 2. The summed E-state index contributed by atoms with van der Waals surface area (Å²) in [7, 11) is 0. The van der Waals surface area contributed by atoms with E-state index in [9.17, 15) is 9.59 Å². The van der Waals surface area contributed by atoms with Crippen molar-refractivity contribution in [2.45, 2.75) is 38.4 Å². The number of ether oxygens (including phenoxy) is 2. The van der Waals surface area contributed by atoms with Gasteiger partial charge in [-0.3, -0.25) is 9.59 Å². The lowest BCUT2D eigenvalue weighted by Crippen LogP contribution is -2.39. The van der Waals surface area contributed by atoms with E-state index in [1.54, 1.807) is 24.3 Å². The fraction of sp³-hybridized carbons (Fsp3) is 0.474. The molecule has 0 saturated carbocycles. The lowest BCUT2D eigenvalue weighted by atomic mass is 9.73. The predicted octanol–water partition coefficient (Wildman–Crippen LogP) is 2.70. The first-order valence-electron chi connectivity index (χ1n) is 8.41. The van der Waals surface area contributed by atoms with Crippen LogP contribution in [0.15, 0.2) is 36.4 Å². The Bertz CT molecular complexity index is 704. The summed E-state index contributed by atoms with van der Waals surface area (Å²) in [5, 5.41) is 0. The van der Waals surface area contributed by atoms with Crippen molar-refractivity contribution in [3.8, 4) is 5.75 Å². The van der Waals surface area contributed by atoms with E-state index in [2.05, 4.69) is 0 Å². The van der Waals surface area contributed by atoms with E-state index in [0.29, 0.717) is 12.3 Å². The SMILES string of the molecule is CCCOc1ccc(N2C(=O)[C@H]3[C@H](C2=O)[C@]2(C)C=C[C@]3(C)O2)cc1. The van der Waals surface area contributed by atoms with Crippen molar-refractivity contribution in [1.82, 2.24) is 0 Å². The van der Waals surface area contributed by atoms with E-state index >= 15 is 0 Å². The van der Waals surface area contributed by atoms with Gasteiger partial charge in [-0.25, -0.2) is 4.90 Å². The first-order valence-corrected chi connectivity index (χ1v) is 8.41. The maximum atomic E-state index is 13.0. The van der Waals surface area contributed by atoms with E-state index in [4.69, 9.17) is 9.47 Å². The van der Waals surface area contributed by atoms with E-state index in [-0.39, 0.29) is 11.8 Å². The summed E-state index contributed by atoms with van der Waals surface area (Å²) >= 11 is 0. The molecular formula is C19H21NO4. The summed E-state index contributed by atoms with van der Waals surface area (Å²) in [5.41, 5.74) is -0.786. The van der Waals surface area contributed by atoms with Gasteiger partial charge in [-0.1, -0.05) is 19.1 Å². The van der Waals surface area contributed by atoms with Gasteiger partial charge in [0, 0.05) is 0 Å². The standard InChI is InChI=1S/C19H21NO4/c1-4-11-23-13-7-5-12(6-8-13)20-16(21)14-15(17(20)22)19(3)10-9-18(14,2)24-19/h5-10,14-15H,4,11H2,1-3H3/t14-,15-,18+,19+/m1/s1. The molecule has 3 aliphatic heterocycles. The first-order chi connectivity index (χ1) is 11.4. The monoisotopic (exact) mass is 327 g/mol. The molecule has 0 unspecified atom stereocenters. The molecular weight excluding hydrogens is 306 g/mol. The van der Waals surface area contributed by atoms with Crippen LogP contribution in [0.2, 0.25) is 0 Å². The van der Waals surface area contributed by atoms with Gasteiger partial charge in [0.05, 0.1) is 35.3 Å². The summed E-state index contributed by atoms with van der Waals surface area (Å²) in [5.74, 6) is -0.512. The van der Waals surface area contributed by atoms with Crippen molar-refractivity contribution >= 4 is 17.5 Å². The number of hydrogen-bond acceptors (Lipinski definition) is 4. The molecule has 5 heteroatoms. The average molecular weight is 327 g/mol. The van der Waals surface area contributed by atoms with E-state index in [0.717, 1.165) is 12.2 Å². The van der Waals surface area contributed by atoms with Gasteiger partial charge in [-0.15, -0.1) is 0 Å². The van der Waals surface area contributed by atoms with Crippen LogP contribution in [0.4, 0.5) is 5.69 Å². The number of fused-ring (bicyclic) bond motifs is 5. The second-order valence-electron chi connectivity index (χ2n) is 7.11. The van der Waals surface area contributed by atoms with Crippen LogP contribution >= 0.6 is 0 Å². The average Bonchev–Trinajstić information content (AvgIpc) is 3.10. The molecule has 2 saturated heterocycles. The number of anilines is 1. The predicted molar refractivity (Wildman–Crippen MR) is 88.7 cm³/mol. The second kappa shape index (κ2) is 4.93. The van der Waals surface area contributed by atoms with Crippen LogP contribution in [0.5, 0.6) is 5.75 Å². The van der Waals surface area contributed by atoms with E-state index in [1.807, 2.05) is 32.9 Å². The van der Waals surface area contributed by atoms with Crippen molar-refractivity contribution in [1.29, 1.82) is 0 Å². The molecule has 0 N–H and O–H groups in total. The van der Waals surface area contributed by atoms with Gasteiger partial charge >= 0.3 is 0 Å². The van der Waals surface area contributed by atoms with Crippen molar-refractivity contribution in [2.75, 3.05) is 11.5 Å². The van der Waals surface area contributed by atoms with Crippen LogP contribution in [0.25, 0.3) is 0 Å². The third-order valence-corrected chi connectivity index (χ3v) is 5.29. The van der Waals surface area contributed by atoms with Gasteiger partial charge in [0.15, 0.2) is 0 Å². The molecule has 2 amide bonds. The smallest absolute Gasteiger partial charge is 0.241 e. The fourth-order valence-corrected chi connectivity index (χ4v) is 4.20. The van der Waals surface area contributed by atoms with Crippen LogP contribution in [0.3, 0.4) is 0 Å². The zero-order valence-corrected chi connectivity index (χ0v) is 14.1. The Kier molecular flexibility index (Phi) is 3.16. The highest BCUT2D eigenvalue weighted by Gasteiger charge is 2.70. The summed E-state index contributed by atoms with van der Waals surface area (Å²) in [6, 6.07) is 7.13. The lowest BCUT2D eigenvalue weighted by molar-refractivity contribution is -0.128. The lowest BCUT2D eigenvalue weighted by Gasteiger charge is -2.25. The molecule has 2 bridgehead atoms. The fourth-order valence-electron chi connectivity index (χ4n) is 4.20. The topological polar surface area (TPSA) is 55.8 Å².